The number of unbranched alkanes of at least 4 members (excludes halogenated alkanes) is 40. The Hall–Kier alpha value is 0.880. The van der Waals surface area contributed by atoms with Gasteiger partial charge in [-0.25, -0.2) is 0 Å². The van der Waals surface area contributed by atoms with Crippen LogP contribution in [0, 0.1) is 0 Å². The van der Waals surface area contributed by atoms with E-state index in [0.29, 0.717) is 0 Å². The van der Waals surface area contributed by atoms with Crippen LogP contribution >= 0.6 is 21.9 Å². The van der Waals surface area contributed by atoms with Crippen molar-refractivity contribution < 1.29 is 13.2 Å². The van der Waals surface area contributed by atoms with E-state index in [-0.39, 0.29) is 0 Å². The molecule has 0 aliphatic carbocycles. The van der Waals surface area contributed by atoms with Crippen LogP contribution in [-0.2, 0) is 13.2 Å². The Kier molecular flexibility index (Phi) is 50.1. The van der Waals surface area contributed by atoms with E-state index in [1.165, 1.54) is 357 Å². The van der Waals surface area contributed by atoms with E-state index in [1.54, 1.807) is 0 Å². The van der Waals surface area contributed by atoms with Gasteiger partial charge in [-0.1, -0.05) is 26.7 Å². The summed E-state index contributed by atoms with van der Waals surface area (Å²) in [7, 11) is -2.22. The quantitative estimate of drug-likeness (QED) is 0.0450. The first-order valence-corrected chi connectivity index (χ1v) is 40.0. The Labute approximate surface area is 445 Å². The van der Waals surface area contributed by atoms with Crippen molar-refractivity contribution in [3.05, 3.63) is 0 Å². The summed E-state index contributed by atoms with van der Waals surface area (Å²) in [6, 6.07) is 0. The van der Waals surface area contributed by atoms with E-state index >= 15 is 4.57 Å². The van der Waals surface area contributed by atoms with Crippen LogP contribution in [0.25, 0.3) is 0 Å². The summed E-state index contributed by atoms with van der Waals surface area (Å²) in [6.07, 6.45) is 73.5. The molecule has 0 atom stereocenters. The van der Waals surface area contributed by atoms with Gasteiger partial charge < -0.3 is 0 Å². The summed E-state index contributed by atoms with van der Waals surface area (Å²) in [5.41, 5.74) is 0. The van der Waals surface area contributed by atoms with Gasteiger partial charge in [-0.05, 0) is 0 Å². The fourth-order valence-electron chi connectivity index (χ4n) is 12.4. The molecule has 0 heterocycles. The average molecular weight is 1050 g/mol. The molecule has 0 aromatic rings. The first-order valence-electron chi connectivity index (χ1n) is 33.1. The predicted octanol–water partition coefficient (Wildman–Crippen LogP) is 25.5. The second-order valence-electron chi connectivity index (χ2n) is 24.0. The van der Waals surface area contributed by atoms with Crippen molar-refractivity contribution >= 4 is 21.9 Å². The Bertz CT molecular complexity index is 947. The topological polar surface area (TPSA) is 35.5 Å². The van der Waals surface area contributed by atoms with Crippen LogP contribution in [0.2, 0.25) is 0 Å². The van der Waals surface area contributed by atoms with Gasteiger partial charge in [0.25, 0.3) is 0 Å². The van der Waals surface area contributed by atoms with Gasteiger partial charge in [0, 0.05) is 0 Å². The smallest absolute Gasteiger partial charge is 0.0654 e. The molecular formula is C64H136O3P3+. The zero-order valence-electron chi connectivity index (χ0n) is 50.2. The molecule has 0 saturated heterocycles. The molecule has 3 nitrogen and oxygen atoms in total. The second kappa shape index (κ2) is 49.5. The van der Waals surface area contributed by atoms with Crippen LogP contribution in [0.3, 0.4) is 0 Å². The summed E-state index contributed by atoms with van der Waals surface area (Å²) in [6.45, 7) is 13.0. The van der Waals surface area contributed by atoms with E-state index in [1.807, 2.05) is 0 Å². The molecule has 0 bridgehead atoms. The molecule has 6 heteroatoms. The Morgan fingerprint density at radius 2 is 0.314 bits per heavy atom. The second-order valence-corrected chi connectivity index (χ2v) is 36.8. The van der Waals surface area contributed by atoms with Gasteiger partial charge in [-0.2, -0.15) is 0 Å². The van der Waals surface area contributed by atoms with E-state index < -0.39 is 21.9 Å². The molecule has 0 aromatic carbocycles. The van der Waals surface area contributed by atoms with Crippen molar-refractivity contribution in [2.75, 3.05) is 49.3 Å². The molecule has 0 radical (unpaired) electrons. The van der Waals surface area contributed by atoms with Crippen molar-refractivity contribution in [3.63, 3.8) is 0 Å². The van der Waals surface area contributed by atoms with Crippen molar-refractivity contribution in [1.82, 2.24) is 0 Å². The van der Waals surface area contributed by atoms with Crippen LogP contribution in [0.15, 0.2) is 0 Å². The molecule has 0 saturated carbocycles. The normalized spacial score (nSPS) is 13.7. The summed E-state index contributed by atoms with van der Waals surface area (Å²) in [4.78, 5) is 0. The predicted molar refractivity (Wildman–Crippen MR) is 330 cm³/mol. The number of hydrogen-bond acceptors (Lipinski definition) is 3. The molecule has 0 N–H and O–H groups in total. The van der Waals surface area contributed by atoms with Gasteiger partial charge in [0.15, 0.2) is 0 Å². The van der Waals surface area contributed by atoms with Crippen molar-refractivity contribution in [2.24, 2.45) is 0 Å². The minimum Gasteiger partial charge on any atom is -0.0654 e. The van der Waals surface area contributed by atoms with Gasteiger partial charge in [0.1, 0.15) is 0 Å². The zero-order valence-corrected chi connectivity index (χ0v) is 52.8. The van der Waals surface area contributed by atoms with Gasteiger partial charge in [-0.3, -0.25) is 0 Å². The fourth-order valence-corrected chi connectivity index (χ4v) is 29.3. The van der Waals surface area contributed by atoms with Crippen LogP contribution < -0.4 is 0 Å². The van der Waals surface area contributed by atoms with E-state index in [0.717, 1.165) is 0 Å². The van der Waals surface area contributed by atoms with Crippen LogP contribution in [0.5, 0.6) is 0 Å². The molecule has 0 aliphatic heterocycles. The average Bonchev–Trinajstić information content (AvgIpc) is 3.36. The Morgan fingerprint density at radius 3 is 0.457 bits per heavy atom. The standard InChI is InChI=1S/C64H136O3P3/c1-9-17-25-33-35-37-39-41-43-45-47-55-63-69(57-49-27-19-11-3,58-50-28-20-12-4,59-51-29-21-13-5)66-68(65)67-70(60-52-30-22-14-6,61-53-31-23-15-7,62-54-32-24-16-8)64-56-48-46-44-42-40-38-36-34-26-18-10-2/h9-64H2,1-8H3/q+1. The third-order valence-electron chi connectivity index (χ3n) is 17.2. The van der Waals surface area contributed by atoms with Crippen molar-refractivity contribution in [3.8, 4) is 0 Å². The molecule has 0 fully saturated rings. The third kappa shape index (κ3) is 36.8. The van der Waals surface area contributed by atoms with E-state index in [2.05, 4.69) is 55.4 Å². The van der Waals surface area contributed by atoms with Gasteiger partial charge in [0.05, 0.1) is 0 Å². The number of hydrogen-bond donors (Lipinski definition) is 0. The monoisotopic (exact) mass is 1050 g/mol. The van der Waals surface area contributed by atoms with Crippen molar-refractivity contribution in [2.45, 2.75) is 364 Å². The van der Waals surface area contributed by atoms with Crippen LogP contribution in [0.4, 0.5) is 0 Å². The summed E-state index contributed by atoms with van der Waals surface area (Å²) in [5.74, 6) is 0. The summed E-state index contributed by atoms with van der Waals surface area (Å²) >= 11 is 0. The molecular weight excluding hydrogens is 910 g/mol. The first-order chi connectivity index (χ1) is 34.2. The summed E-state index contributed by atoms with van der Waals surface area (Å²) in [5, 5.41) is 0. The molecule has 0 amide bonds. The van der Waals surface area contributed by atoms with Crippen LogP contribution in [-0.4, -0.2) is 49.3 Å². The molecule has 0 spiro atoms. The van der Waals surface area contributed by atoms with Gasteiger partial charge in [0.2, 0.25) is 0 Å². The molecule has 0 rings (SSSR count). The maximum atomic E-state index is 16.0. The van der Waals surface area contributed by atoms with Crippen molar-refractivity contribution in [1.29, 1.82) is 0 Å². The van der Waals surface area contributed by atoms with E-state index in [4.69, 9.17) is 8.62 Å². The SMILES string of the molecule is CCCCCCCCCCCCCCP(CCCCCC)(CCCCCC)(CCCCCC)O[P+](=O)OP(CCCCCC)(CCCCCC)(CCCCCC)CCCCCCCCCCCCCC. The summed E-state index contributed by atoms with van der Waals surface area (Å²) < 4.78 is 32.0. The van der Waals surface area contributed by atoms with E-state index in [9.17, 15) is 0 Å². The minimum atomic E-state index is -2.90. The molecule has 0 aromatic heterocycles. The third-order valence-corrected chi connectivity index (χ3v) is 33.6. The number of rotatable bonds is 60. The van der Waals surface area contributed by atoms with Crippen LogP contribution in [0.1, 0.15) is 364 Å². The Morgan fingerprint density at radius 1 is 0.200 bits per heavy atom. The molecule has 0 aliphatic rings. The minimum absolute atomic E-state index is 1.20. The van der Waals surface area contributed by atoms with Gasteiger partial charge in [-0.15, -0.1) is 0 Å². The van der Waals surface area contributed by atoms with Gasteiger partial charge >= 0.3 is 421 Å². The fraction of sp³-hybridized carbons (Fsp3) is 1.00. The first kappa shape index (κ1) is 70.9. The zero-order chi connectivity index (χ0) is 51.5. The Balaban J connectivity index is 7.11. The molecule has 424 valence electrons. The molecule has 70 heavy (non-hydrogen) atoms. The maximum absolute atomic E-state index is 16.0. The molecule has 0 unspecified atom stereocenters.